The second kappa shape index (κ2) is 8.88. The van der Waals surface area contributed by atoms with Crippen molar-refractivity contribution in [1.29, 1.82) is 0 Å². The molecule has 5 rings (SSSR count). The van der Waals surface area contributed by atoms with Crippen molar-refractivity contribution in [3.63, 3.8) is 0 Å². The van der Waals surface area contributed by atoms with E-state index in [0.29, 0.717) is 33.9 Å². The zero-order chi connectivity index (χ0) is 24.7. The zero-order valence-corrected chi connectivity index (χ0v) is 19.5. The van der Waals surface area contributed by atoms with Crippen LogP contribution in [0.3, 0.4) is 0 Å². The standard InChI is InChI=1S/C25H19FN2O6S/c1-3-33-16-9-6-13(11-18(16)32-2)21-20(22(29)17-5-4-10-34-17)23(30)24(31)28(21)25-27-15-8-7-14(26)12-19(15)35-25/h4-12,21,30H,3H2,1-2H3. The second-order valence-corrected chi connectivity index (χ2v) is 8.61. The fourth-order valence-corrected chi connectivity index (χ4v) is 5.03. The van der Waals surface area contributed by atoms with Gasteiger partial charge in [0.25, 0.3) is 5.91 Å². The molecule has 0 saturated heterocycles. The molecular formula is C25H19FN2O6S. The minimum Gasteiger partial charge on any atom is -0.503 e. The number of rotatable bonds is 7. The summed E-state index contributed by atoms with van der Waals surface area (Å²) in [7, 11) is 1.48. The molecular weight excluding hydrogens is 475 g/mol. The van der Waals surface area contributed by atoms with Crippen LogP contribution in [0.15, 0.2) is 70.5 Å². The molecule has 1 amide bonds. The van der Waals surface area contributed by atoms with Crippen LogP contribution in [0.1, 0.15) is 29.1 Å². The molecule has 3 heterocycles. The number of hydrogen-bond donors (Lipinski definition) is 1. The van der Waals surface area contributed by atoms with Crippen LogP contribution in [0.25, 0.3) is 10.2 Å². The lowest BCUT2D eigenvalue weighted by Crippen LogP contribution is -2.31. The molecule has 1 atom stereocenters. The van der Waals surface area contributed by atoms with Gasteiger partial charge in [-0.25, -0.2) is 9.37 Å². The van der Waals surface area contributed by atoms with Gasteiger partial charge < -0.3 is 19.0 Å². The van der Waals surface area contributed by atoms with Gasteiger partial charge in [0.1, 0.15) is 5.82 Å². The highest BCUT2D eigenvalue weighted by Gasteiger charge is 2.46. The quantitative estimate of drug-likeness (QED) is 0.352. The first-order chi connectivity index (χ1) is 16.9. The molecule has 0 fully saturated rings. The number of fused-ring (bicyclic) bond motifs is 1. The maximum atomic E-state index is 13.8. The maximum absolute atomic E-state index is 13.8. The van der Waals surface area contributed by atoms with Crippen LogP contribution in [0.4, 0.5) is 9.52 Å². The Bertz CT molecular complexity index is 1480. The summed E-state index contributed by atoms with van der Waals surface area (Å²) in [5.41, 5.74) is 0.789. The Labute approximate surface area is 202 Å². The number of nitrogens with zero attached hydrogens (tertiary/aromatic N) is 2. The van der Waals surface area contributed by atoms with Crippen molar-refractivity contribution in [2.75, 3.05) is 18.6 Å². The van der Waals surface area contributed by atoms with Crippen molar-refractivity contribution < 1.29 is 33.0 Å². The van der Waals surface area contributed by atoms with Crippen LogP contribution in [-0.4, -0.2) is 35.5 Å². The van der Waals surface area contributed by atoms with Gasteiger partial charge in [-0.15, -0.1) is 0 Å². The lowest BCUT2D eigenvalue weighted by atomic mass is 9.95. The largest absolute Gasteiger partial charge is 0.503 e. The number of thiazole rings is 1. The van der Waals surface area contributed by atoms with Crippen LogP contribution < -0.4 is 14.4 Å². The summed E-state index contributed by atoms with van der Waals surface area (Å²) in [4.78, 5) is 32.4. The maximum Gasteiger partial charge on any atom is 0.296 e. The molecule has 2 aromatic carbocycles. The van der Waals surface area contributed by atoms with E-state index < -0.39 is 29.3 Å². The summed E-state index contributed by atoms with van der Waals surface area (Å²) in [5, 5.41) is 11.1. The molecule has 0 radical (unpaired) electrons. The molecule has 4 aromatic rings. The number of furan rings is 1. The van der Waals surface area contributed by atoms with Gasteiger partial charge in [-0.1, -0.05) is 17.4 Å². The molecule has 1 unspecified atom stereocenters. The van der Waals surface area contributed by atoms with Crippen molar-refractivity contribution >= 4 is 38.4 Å². The highest BCUT2D eigenvalue weighted by molar-refractivity contribution is 7.22. The number of methoxy groups -OCH3 is 1. The van der Waals surface area contributed by atoms with E-state index in [-0.39, 0.29) is 16.5 Å². The molecule has 0 spiro atoms. The van der Waals surface area contributed by atoms with Crippen LogP contribution in [0.2, 0.25) is 0 Å². The van der Waals surface area contributed by atoms with E-state index in [1.54, 1.807) is 18.2 Å². The summed E-state index contributed by atoms with van der Waals surface area (Å²) in [6.45, 7) is 2.25. The van der Waals surface area contributed by atoms with Crippen molar-refractivity contribution in [2.45, 2.75) is 13.0 Å². The predicted molar refractivity (Wildman–Crippen MR) is 127 cm³/mol. The molecule has 35 heavy (non-hydrogen) atoms. The molecule has 0 bridgehead atoms. The number of ether oxygens (including phenoxy) is 2. The van der Waals surface area contributed by atoms with E-state index in [0.717, 1.165) is 11.3 Å². The van der Waals surface area contributed by atoms with Gasteiger partial charge in [-0.3, -0.25) is 14.5 Å². The summed E-state index contributed by atoms with van der Waals surface area (Å²) in [6.07, 6.45) is 1.33. The van der Waals surface area contributed by atoms with E-state index in [2.05, 4.69) is 4.98 Å². The van der Waals surface area contributed by atoms with Crippen LogP contribution >= 0.6 is 11.3 Å². The first-order valence-electron chi connectivity index (χ1n) is 10.6. The fraction of sp³-hybridized carbons (Fsp3) is 0.160. The van der Waals surface area contributed by atoms with Gasteiger partial charge in [0.15, 0.2) is 28.1 Å². The molecule has 2 aromatic heterocycles. The highest BCUT2D eigenvalue weighted by Crippen LogP contribution is 2.45. The number of Topliss-reactive ketones (excluding diaryl/α,β-unsaturated/α-hetero) is 1. The molecule has 0 aliphatic carbocycles. The first-order valence-corrected chi connectivity index (χ1v) is 11.5. The zero-order valence-electron chi connectivity index (χ0n) is 18.6. The van der Waals surface area contributed by atoms with Gasteiger partial charge in [-0.05, 0) is 55.0 Å². The Kier molecular flexibility index (Phi) is 5.73. The normalized spacial score (nSPS) is 15.8. The molecule has 10 heteroatoms. The summed E-state index contributed by atoms with van der Waals surface area (Å²) in [5.74, 6) is -1.77. The third-order valence-electron chi connectivity index (χ3n) is 5.55. The number of aliphatic hydroxyl groups excluding tert-OH is 1. The van der Waals surface area contributed by atoms with Crippen molar-refractivity contribution in [1.82, 2.24) is 4.98 Å². The topological polar surface area (TPSA) is 102 Å². The minimum atomic E-state index is -1.05. The number of aliphatic hydroxyl groups is 1. The molecule has 1 aliphatic heterocycles. The Balaban J connectivity index is 1.69. The number of anilines is 1. The minimum absolute atomic E-state index is 0.0320. The number of carbonyl (C=O) groups excluding carboxylic acids is 2. The Morgan fingerprint density at radius 3 is 2.77 bits per heavy atom. The van der Waals surface area contributed by atoms with Gasteiger partial charge in [0.05, 0.1) is 41.8 Å². The lowest BCUT2D eigenvalue weighted by molar-refractivity contribution is -0.117. The predicted octanol–water partition coefficient (Wildman–Crippen LogP) is 5.22. The summed E-state index contributed by atoms with van der Waals surface area (Å²) < 4.78 is 30.6. The van der Waals surface area contributed by atoms with Crippen molar-refractivity contribution in [3.8, 4) is 11.5 Å². The number of amides is 1. The number of benzene rings is 2. The fourth-order valence-electron chi connectivity index (χ4n) is 4.01. The van der Waals surface area contributed by atoms with Crippen LogP contribution in [-0.2, 0) is 4.79 Å². The van der Waals surface area contributed by atoms with Gasteiger partial charge >= 0.3 is 0 Å². The van der Waals surface area contributed by atoms with E-state index >= 15 is 0 Å². The summed E-state index contributed by atoms with van der Waals surface area (Å²) in [6, 6.07) is 11.0. The first kappa shape index (κ1) is 22.6. The third kappa shape index (κ3) is 3.81. The van der Waals surface area contributed by atoms with Crippen LogP contribution in [0, 0.1) is 5.82 Å². The third-order valence-corrected chi connectivity index (χ3v) is 6.56. The highest BCUT2D eigenvalue weighted by atomic mass is 32.1. The molecule has 178 valence electrons. The Hall–Kier alpha value is -4.18. The number of ketones is 1. The molecule has 8 nitrogen and oxygen atoms in total. The number of carbonyl (C=O) groups is 2. The average molecular weight is 495 g/mol. The van der Waals surface area contributed by atoms with E-state index in [1.807, 2.05) is 6.92 Å². The SMILES string of the molecule is CCOc1ccc(C2C(C(=O)c3ccco3)=C(O)C(=O)N2c2nc3ccc(F)cc3s2)cc1OC. The van der Waals surface area contributed by atoms with Crippen molar-refractivity contribution in [2.24, 2.45) is 0 Å². The monoisotopic (exact) mass is 494 g/mol. The van der Waals surface area contributed by atoms with E-state index in [1.165, 1.54) is 48.6 Å². The number of hydrogen-bond acceptors (Lipinski definition) is 8. The lowest BCUT2D eigenvalue weighted by Gasteiger charge is -2.25. The van der Waals surface area contributed by atoms with Gasteiger partial charge in [0, 0.05) is 0 Å². The van der Waals surface area contributed by atoms with Gasteiger partial charge in [-0.2, -0.15) is 0 Å². The molecule has 0 saturated carbocycles. The number of aromatic nitrogens is 1. The van der Waals surface area contributed by atoms with E-state index in [9.17, 15) is 19.1 Å². The summed E-state index contributed by atoms with van der Waals surface area (Å²) >= 11 is 1.07. The Morgan fingerprint density at radius 2 is 2.06 bits per heavy atom. The second-order valence-electron chi connectivity index (χ2n) is 7.60. The van der Waals surface area contributed by atoms with Crippen LogP contribution in [0.5, 0.6) is 11.5 Å². The Morgan fingerprint density at radius 1 is 1.23 bits per heavy atom. The molecule has 1 aliphatic rings. The average Bonchev–Trinajstić information content (AvgIpc) is 3.58. The van der Waals surface area contributed by atoms with E-state index in [4.69, 9.17) is 13.9 Å². The van der Waals surface area contributed by atoms with Gasteiger partial charge in [0.2, 0.25) is 5.78 Å². The smallest absolute Gasteiger partial charge is 0.296 e. The molecule has 1 N–H and O–H groups in total. The number of halogens is 1. The van der Waals surface area contributed by atoms with Crippen molar-refractivity contribution in [3.05, 3.63) is 83.3 Å².